The van der Waals surface area contributed by atoms with E-state index in [2.05, 4.69) is 44.8 Å². The average Bonchev–Trinajstić information content (AvgIpc) is 2.19. The van der Waals surface area contributed by atoms with Gasteiger partial charge in [-0.25, -0.2) is 0 Å². The molecule has 0 spiro atoms. The lowest BCUT2D eigenvalue weighted by molar-refractivity contribution is -0.140. The van der Waals surface area contributed by atoms with Crippen LogP contribution in [0.5, 0.6) is 0 Å². The van der Waals surface area contributed by atoms with Crippen LogP contribution in [0.15, 0.2) is 0 Å². The molecule has 3 nitrogen and oxygen atoms in total. The summed E-state index contributed by atoms with van der Waals surface area (Å²) >= 11 is 0. The Bertz CT molecular complexity index is 243. The Morgan fingerprint density at radius 2 is 2.12 bits per heavy atom. The van der Waals surface area contributed by atoms with Gasteiger partial charge in [0, 0.05) is 12.6 Å². The molecule has 0 aromatic heterocycles. The van der Waals surface area contributed by atoms with E-state index in [-0.39, 0.29) is 17.4 Å². The maximum absolute atomic E-state index is 12.3. The van der Waals surface area contributed by atoms with E-state index in [0.717, 1.165) is 25.9 Å². The molecule has 16 heavy (non-hydrogen) atoms. The minimum atomic E-state index is 0.0450. The summed E-state index contributed by atoms with van der Waals surface area (Å²) in [4.78, 5) is 14.3. The summed E-state index contributed by atoms with van der Waals surface area (Å²) < 4.78 is 0. The maximum Gasteiger partial charge on any atom is 0.239 e. The summed E-state index contributed by atoms with van der Waals surface area (Å²) in [5.41, 5.74) is 0.157. The molecule has 1 heterocycles. The second-order valence-corrected chi connectivity index (χ2v) is 5.83. The van der Waals surface area contributed by atoms with Crippen molar-refractivity contribution in [3.63, 3.8) is 0 Å². The van der Waals surface area contributed by atoms with Crippen LogP contribution in [0, 0.1) is 5.41 Å². The number of carbonyl (C=O) groups is 1. The van der Waals surface area contributed by atoms with Gasteiger partial charge in [-0.15, -0.1) is 0 Å². The zero-order valence-electron chi connectivity index (χ0n) is 11.3. The molecule has 0 aliphatic carbocycles. The number of hydrogen-bond acceptors (Lipinski definition) is 2. The lowest BCUT2D eigenvalue weighted by Gasteiger charge is -2.42. The topological polar surface area (TPSA) is 32.3 Å². The van der Waals surface area contributed by atoms with Crippen molar-refractivity contribution in [2.45, 2.75) is 59.5 Å². The fourth-order valence-corrected chi connectivity index (χ4v) is 2.19. The van der Waals surface area contributed by atoms with Crippen molar-refractivity contribution < 1.29 is 4.79 Å². The van der Waals surface area contributed by atoms with Crippen molar-refractivity contribution in [2.75, 3.05) is 13.1 Å². The van der Waals surface area contributed by atoms with Gasteiger partial charge in [0.15, 0.2) is 0 Å². The summed E-state index contributed by atoms with van der Waals surface area (Å²) in [6.07, 6.45) is 2.10. The molecule has 1 aliphatic heterocycles. The molecule has 1 aliphatic rings. The van der Waals surface area contributed by atoms with Gasteiger partial charge in [0.25, 0.3) is 0 Å². The third-order valence-corrected chi connectivity index (χ3v) is 3.64. The number of likely N-dealkylation sites (N-methyl/N-ethyl adjacent to an activating group) is 1. The van der Waals surface area contributed by atoms with Gasteiger partial charge in [-0.2, -0.15) is 0 Å². The van der Waals surface area contributed by atoms with Gasteiger partial charge in [-0.05, 0) is 31.7 Å². The number of likely N-dealkylation sites (tertiary alicyclic amines) is 1. The molecule has 0 bridgehead atoms. The van der Waals surface area contributed by atoms with Crippen LogP contribution < -0.4 is 5.32 Å². The summed E-state index contributed by atoms with van der Waals surface area (Å²) in [6.45, 7) is 12.6. The molecule has 2 atom stereocenters. The highest BCUT2D eigenvalue weighted by Crippen LogP contribution is 2.27. The molecule has 0 aromatic rings. The zero-order chi connectivity index (χ0) is 12.3. The van der Waals surface area contributed by atoms with E-state index in [0.29, 0.717) is 6.04 Å². The highest BCUT2D eigenvalue weighted by atomic mass is 16.2. The maximum atomic E-state index is 12.3. The number of nitrogens with one attached hydrogen (secondary N) is 1. The molecule has 1 amide bonds. The van der Waals surface area contributed by atoms with Crippen LogP contribution in [-0.2, 0) is 4.79 Å². The van der Waals surface area contributed by atoms with E-state index in [1.54, 1.807) is 0 Å². The number of amides is 1. The smallest absolute Gasteiger partial charge is 0.239 e. The zero-order valence-corrected chi connectivity index (χ0v) is 11.3. The standard InChI is InChI=1S/C13H26N2O/c1-6-14-11-8-7-9-15(12(11)16)10(2)13(3,4)5/h10-11,14H,6-9H2,1-5H3. The molecule has 2 unspecified atom stereocenters. The lowest BCUT2D eigenvalue weighted by Crippen LogP contribution is -2.56. The van der Waals surface area contributed by atoms with Crippen LogP contribution >= 0.6 is 0 Å². The van der Waals surface area contributed by atoms with Crippen LogP contribution in [0.1, 0.15) is 47.5 Å². The summed E-state index contributed by atoms with van der Waals surface area (Å²) in [7, 11) is 0. The van der Waals surface area contributed by atoms with Crippen molar-refractivity contribution in [3.05, 3.63) is 0 Å². The first-order valence-corrected chi connectivity index (χ1v) is 6.41. The lowest BCUT2D eigenvalue weighted by atomic mass is 9.85. The normalized spacial score (nSPS) is 24.7. The quantitative estimate of drug-likeness (QED) is 0.798. The average molecular weight is 226 g/mol. The second-order valence-electron chi connectivity index (χ2n) is 5.83. The molecule has 0 saturated carbocycles. The van der Waals surface area contributed by atoms with Gasteiger partial charge in [0.05, 0.1) is 6.04 Å². The first-order chi connectivity index (χ1) is 7.38. The van der Waals surface area contributed by atoms with E-state index >= 15 is 0 Å². The summed E-state index contributed by atoms with van der Waals surface area (Å²) in [6, 6.07) is 0.352. The monoisotopic (exact) mass is 226 g/mol. The van der Waals surface area contributed by atoms with Crippen molar-refractivity contribution in [1.29, 1.82) is 0 Å². The first kappa shape index (κ1) is 13.5. The Labute approximate surface area is 99.6 Å². The van der Waals surface area contributed by atoms with Crippen LogP contribution in [0.25, 0.3) is 0 Å². The Morgan fingerprint density at radius 1 is 1.50 bits per heavy atom. The van der Waals surface area contributed by atoms with E-state index in [1.807, 2.05) is 0 Å². The highest BCUT2D eigenvalue weighted by Gasteiger charge is 2.35. The van der Waals surface area contributed by atoms with Gasteiger partial charge in [0.1, 0.15) is 0 Å². The number of rotatable bonds is 3. The van der Waals surface area contributed by atoms with E-state index in [4.69, 9.17) is 0 Å². The number of hydrogen-bond donors (Lipinski definition) is 1. The number of piperidine rings is 1. The fourth-order valence-electron chi connectivity index (χ4n) is 2.19. The highest BCUT2D eigenvalue weighted by molar-refractivity contribution is 5.83. The largest absolute Gasteiger partial charge is 0.338 e. The molecule has 0 radical (unpaired) electrons. The molecule has 94 valence electrons. The third-order valence-electron chi connectivity index (χ3n) is 3.64. The first-order valence-electron chi connectivity index (χ1n) is 6.41. The molecule has 1 fully saturated rings. The van der Waals surface area contributed by atoms with Crippen LogP contribution in [-0.4, -0.2) is 36.0 Å². The molecule has 1 saturated heterocycles. The molecule has 1 N–H and O–H groups in total. The summed E-state index contributed by atoms with van der Waals surface area (Å²) in [5, 5.41) is 3.28. The Morgan fingerprint density at radius 3 is 2.62 bits per heavy atom. The van der Waals surface area contributed by atoms with Gasteiger partial charge in [-0.1, -0.05) is 27.7 Å². The van der Waals surface area contributed by atoms with Crippen molar-refractivity contribution >= 4 is 5.91 Å². The minimum Gasteiger partial charge on any atom is -0.338 e. The van der Waals surface area contributed by atoms with E-state index in [1.165, 1.54) is 0 Å². The molecule has 0 aromatic carbocycles. The fraction of sp³-hybridized carbons (Fsp3) is 0.923. The Hall–Kier alpha value is -0.570. The van der Waals surface area contributed by atoms with Crippen molar-refractivity contribution in [3.8, 4) is 0 Å². The molecule has 1 rings (SSSR count). The summed E-state index contributed by atoms with van der Waals surface area (Å²) in [5.74, 6) is 0.288. The SMILES string of the molecule is CCNC1CCCN(C(C)C(C)(C)C)C1=O. The van der Waals surface area contributed by atoms with Crippen LogP contribution in [0.4, 0.5) is 0 Å². The van der Waals surface area contributed by atoms with Gasteiger partial charge in [0.2, 0.25) is 5.91 Å². The second kappa shape index (κ2) is 5.17. The Balaban J connectivity index is 2.70. The van der Waals surface area contributed by atoms with Crippen molar-refractivity contribution in [2.24, 2.45) is 5.41 Å². The predicted octanol–water partition coefficient (Wildman–Crippen LogP) is 2.02. The van der Waals surface area contributed by atoms with Gasteiger partial charge >= 0.3 is 0 Å². The van der Waals surface area contributed by atoms with E-state index in [9.17, 15) is 4.79 Å². The van der Waals surface area contributed by atoms with Gasteiger partial charge < -0.3 is 10.2 Å². The van der Waals surface area contributed by atoms with Crippen molar-refractivity contribution in [1.82, 2.24) is 10.2 Å². The molecular formula is C13H26N2O. The number of carbonyl (C=O) groups excluding carboxylic acids is 1. The van der Waals surface area contributed by atoms with Gasteiger partial charge in [-0.3, -0.25) is 4.79 Å². The van der Waals surface area contributed by atoms with Crippen LogP contribution in [0.2, 0.25) is 0 Å². The predicted molar refractivity (Wildman–Crippen MR) is 67.3 cm³/mol. The Kier molecular flexibility index (Phi) is 4.36. The third kappa shape index (κ3) is 2.97. The molecule has 3 heteroatoms. The molecular weight excluding hydrogens is 200 g/mol. The van der Waals surface area contributed by atoms with E-state index < -0.39 is 0 Å². The number of nitrogens with zero attached hydrogens (tertiary/aromatic N) is 1. The minimum absolute atomic E-state index is 0.0450. The van der Waals surface area contributed by atoms with Crippen LogP contribution in [0.3, 0.4) is 0 Å².